The fourth-order valence-electron chi connectivity index (χ4n) is 3.15. The van der Waals surface area contributed by atoms with E-state index in [1.807, 2.05) is 11.8 Å². The van der Waals surface area contributed by atoms with E-state index >= 15 is 0 Å². The maximum Gasteiger partial charge on any atom is 0.223 e. The number of amides is 1. The molecule has 1 N–H and O–H groups in total. The van der Waals surface area contributed by atoms with Gasteiger partial charge in [0.1, 0.15) is 18.2 Å². The Bertz CT molecular complexity index is 737. The van der Waals surface area contributed by atoms with Crippen LogP contribution < -0.4 is 10.1 Å². The molecule has 2 aromatic rings. The highest BCUT2D eigenvalue weighted by Crippen LogP contribution is 2.23. The number of aryl methyl sites for hydroxylation is 1. The standard InChI is InChI=1S/C20H25FN4O2/c1-15-12-24-17(13-23-15)14-25-18(4-7-20(25)26)8-9-22-10-11-27-19-5-2-16(21)3-6-19/h2-3,5-6,12-13,18,22H,4,7-11,14H2,1H3. The highest BCUT2D eigenvalue weighted by Gasteiger charge is 2.30. The number of hydrogen-bond donors (Lipinski definition) is 1. The van der Waals surface area contributed by atoms with Crippen molar-refractivity contribution in [3.05, 3.63) is 53.9 Å². The number of rotatable bonds is 9. The Morgan fingerprint density at radius 2 is 2.04 bits per heavy atom. The molecule has 2 heterocycles. The summed E-state index contributed by atoms with van der Waals surface area (Å²) in [6, 6.07) is 6.22. The van der Waals surface area contributed by atoms with Gasteiger partial charge in [-0.2, -0.15) is 0 Å². The van der Waals surface area contributed by atoms with Gasteiger partial charge >= 0.3 is 0 Å². The van der Waals surface area contributed by atoms with Crippen molar-refractivity contribution in [2.24, 2.45) is 0 Å². The van der Waals surface area contributed by atoms with Crippen LogP contribution >= 0.6 is 0 Å². The minimum absolute atomic E-state index is 0.182. The summed E-state index contributed by atoms with van der Waals surface area (Å²) in [4.78, 5) is 22.7. The number of carbonyl (C=O) groups excluding carboxylic acids is 1. The number of nitrogens with one attached hydrogen (secondary N) is 1. The first-order valence-corrected chi connectivity index (χ1v) is 9.28. The third-order valence-corrected chi connectivity index (χ3v) is 4.63. The van der Waals surface area contributed by atoms with Gasteiger partial charge < -0.3 is 15.0 Å². The molecule has 1 aromatic heterocycles. The van der Waals surface area contributed by atoms with Gasteiger partial charge in [-0.25, -0.2) is 4.39 Å². The van der Waals surface area contributed by atoms with Gasteiger partial charge in [-0.1, -0.05) is 0 Å². The summed E-state index contributed by atoms with van der Waals surface area (Å²) in [5.41, 5.74) is 1.69. The first-order chi connectivity index (χ1) is 13.1. The monoisotopic (exact) mass is 372 g/mol. The van der Waals surface area contributed by atoms with E-state index in [0.29, 0.717) is 31.9 Å². The lowest BCUT2D eigenvalue weighted by atomic mass is 10.1. The van der Waals surface area contributed by atoms with E-state index in [2.05, 4.69) is 15.3 Å². The predicted molar refractivity (Wildman–Crippen MR) is 99.7 cm³/mol. The Kier molecular flexibility index (Phi) is 6.70. The molecule has 1 fully saturated rings. The number of hydrogen-bond acceptors (Lipinski definition) is 5. The van der Waals surface area contributed by atoms with E-state index < -0.39 is 0 Å². The predicted octanol–water partition coefficient (Wildman–Crippen LogP) is 2.47. The number of ether oxygens (including phenoxy) is 1. The van der Waals surface area contributed by atoms with Gasteiger partial charge in [0.2, 0.25) is 5.91 Å². The lowest BCUT2D eigenvalue weighted by Crippen LogP contribution is -2.35. The van der Waals surface area contributed by atoms with Crippen LogP contribution in [0.1, 0.15) is 30.7 Å². The van der Waals surface area contributed by atoms with E-state index in [-0.39, 0.29) is 17.8 Å². The zero-order chi connectivity index (χ0) is 19.1. The van der Waals surface area contributed by atoms with Crippen molar-refractivity contribution >= 4 is 5.91 Å². The fourth-order valence-corrected chi connectivity index (χ4v) is 3.15. The van der Waals surface area contributed by atoms with Gasteiger partial charge in [0, 0.05) is 25.2 Å². The van der Waals surface area contributed by atoms with E-state index in [1.165, 1.54) is 12.1 Å². The highest BCUT2D eigenvalue weighted by molar-refractivity contribution is 5.78. The molecule has 1 atom stereocenters. The van der Waals surface area contributed by atoms with Gasteiger partial charge in [-0.3, -0.25) is 14.8 Å². The topological polar surface area (TPSA) is 67.4 Å². The zero-order valence-corrected chi connectivity index (χ0v) is 15.5. The number of nitrogens with zero attached hydrogens (tertiary/aromatic N) is 3. The van der Waals surface area contributed by atoms with Crippen molar-refractivity contribution in [2.75, 3.05) is 19.7 Å². The SMILES string of the molecule is Cc1cnc(CN2C(=O)CCC2CCNCCOc2ccc(F)cc2)cn1. The summed E-state index contributed by atoms with van der Waals surface area (Å²) in [6.07, 6.45) is 5.84. The van der Waals surface area contributed by atoms with Gasteiger partial charge in [0.05, 0.1) is 24.1 Å². The molecule has 1 saturated heterocycles. The van der Waals surface area contributed by atoms with E-state index in [0.717, 1.165) is 30.8 Å². The van der Waals surface area contributed by atoms with Crippen LogP contribution in [0.5, 0.6) is 5.75 Å². The molecule has 144 valence electrons. The normalized spacial score (nSPS) is 16.7. The average Bonchev–Trinajstić information content (AvgIpc) is 3.01. The first kappa shape index (κ1) is 19.2. The molecule has 0 bridgehead atoms. The first-order valence-electron chi connectivity index (χ1n) is 9.28. The molecule has 0 saturated carbocycles. The van der Waals surface area contributed by atoms with E-state index in [4.69, 9.17) is 4.74 Å². The lowest BCUT2D eigenvalue weighted by Gasteiger charge is -2.24. The molecular formula is C20H25FN4O2. The van der Waals surface area contributed by atoms with Crippen molar-refractivity contribution < 1.29 is 13.9 Å². The van der Waals surface area contributed by atoms with Crippen LogP contribution in [0.4, 0.5) is 4.39 Å². The molecule has 1 amide bonds. The van der Waals surface area contributed by atoms with Crippen molar-refractivity contribution in [1.29, 1.82) is 0 Å². The smallest absolute Gasteiger partial charge is 0.223 e. The highest BCUT2D eigenvalue weighted by atomic mass is 19.1. The molecule has 0 spiro atoms. The maximum absolute atomic E-state index is 12.8. The molecule has 1 unspecified atom stereocenters. The van der Waals surface area contributed by atoms with Gasteiger partial charge in [0.15, 0.2) is 0 Å². The second-order valence-corrected chi connectivity index (χ2v) is 6.70. The van der Waals surface area contributed by atoms with Crippen molar-refractivity contribution in [3.8, 4) is 5.75 Å². The van der Waals surface area contributed by atoms with Gasteiger partial charge in [0.25, 0.3) is 0 Å². The summed E-state index contributed by atoms with van der Waals surface area (Å²) in [7, 11) is 0. The minimum Gasteiger partial charge on any atom is -0.492 e. The van der Waals surface area contributed by atoms with Crippen LogP contribution in [0, 0.1) is 12.7 Å². The Morgan fingerprint density at radius 3 is 2.78 bits per heavy atom. The third-order valence-electron chi connectivity index (χ3n) is 4.63. The molecule has 1 aromatic carbocycles. The molecule has 7 heteroatoms. The second kappa shape index (κ2) is 9.41. The van der Waals surface area contributed by atoms with Crippen molar-refractivity contribution in [2.45, 2.75) is 38.8 Å². The summed E-state index contributed by atoms with van der Waals surface area (Å²) >= 11 is 0. The number of aromatic nitrogens is 2. The molecule has 0 aliphatic carbocycles. The summed E-state index contributed by atoms with van der Waals surface area (Å²) in [5.74, 6) is 0.569. The quantitative estimate of drug-likeness (QED) is 0.685. The Morgan fingerprint density at radius 1 is 1.22 bits per heavy atom. The molecule has 1 aliphatic rings. The third kappa shape index (κ3) is 5.72. The van der Waals surface area contributed by atoms with Gasteiger partial charge in [-0.05, 0) is 50.6 Å². The Labute approximate surface area is 158 Å². The number of carbonyl (C=O) groups is 1. The Hall–Kier alpha value is -2.54. The van der Waals surface area contributed by atoms with Crippen molar-refractivity contribution in [1.82, 2.24) is 20.2 Å². The lowest BCUT2D eigenvalue weighted by molar-refractivity contribution is -0.129. The molecule has 1 aliphatic heterocycles. The van der Waals surface area contributed by atoms with Crippen LogP contribution in [0.15, 0.2) is 36.7 Å². The molecule has 6 nitrogen and oxygen atoms in total. The Balaban J connectivity index is 1.37. The fraction of sp³-hybridized carbons (Fsp3) is 0.450. The van der Waals surface area contributed by atoms with Crippen molar-refractivity contribution in [3.63, 3.8) is 0 Å². The zero-order valence-electron chi connectivity index (χ0n) is 15.5. The van der Waals surface area contributed by atoms with E-state index in [1.54, 1.807) is 24.5 Å². The number of benzene rings is 1. The number of likely N-dealkylation sites (tertiary alicyclic amines) is 1. The summed E-state index contributed by atoms with van der Waals surface area (Å²) in [6.45, 7) is 4.43. The molecular weight excluding hydrogens is 347 g/mol. The molecule has 3 rings (SSSR count). The average molecular weight is 372 g/mol. The van der Waals surface area contributed by atoms with Crippen LogP contribution in [0.3, 0.4) is 0 Å². The summed E-state index contributed by atoms with van der Waals surface area (Å²) < 4.78 is 18.4. The molecule has 27 heavy (non-hydrogen) atoms. The van der Waals surface area contributed by atoms with Crippen LogP contribution in [0.2, 0.25) is 0 Å². The molecule has 0 radical (unpaired) electrons. The maximum atomic E-state index is 12.8. The van der Waals surface area contributed by atoms with Gasteiger partial charge in [-0.15, -0.1) is 0 Å². The van der Waals surface area contributed by atoms with E-state index in [9.17, 15) is 9.18 Å². The largest absolute Gasteiger partial charge is 0.492 e. The van der Waals surface area contributed by atoms with Crippen LogP contribution in [-0.2, 0) is 11.3 Å². The number of halogens is 1. The second-order valence-electron chi connectivity index (χ2n) is 6.70. The van der Waals surface area contributed by atoms with Crippen LogP contribution in [0.25, 0.3) is 0 Å². The minimum atomic E-state index is -0.271. The summed E-state index contributed by atoms with van der Waals surface area (Å²) in [5, 5.41) is 3.34. The van der Waals surface area contributed by atoms with Crippen LogP contribution in [-0.4, -0.2) is 46.5 Å².